The van der Waals surface area contributed by atoms with E-state index in [0.29, 0.717) is 32.3 Å². The number of amides is 1. The van der Waals surface area contributed by atoms with Crippen LogP contribution in [0.5, 0.6) is 0 Å². The molecule has 2 N–H and O–H groups in total. The molecular weight excluding hydrogens is 490 g/mol. The van der Waals surface area contributed by atoms with Crippen molar-refractivity contribution in [1.82, 2.24) is 5.32 Å². The zero-order valence-corrected chi connectivity index (χ0v) is 23.5. The minimum Gasteiger partial charge on any atom is -0.480 e. The number of hydrogen-bond donors (Lipinski definition) is 2. The lowest BCUT2D eigenvalue weighted by atomic mass is 9.78. The second-order valence-electron chi connectivity index (χ2n) is 8.22. The van der Waals surface area contributed by atoms with Crippen molar-refractivity contribution in [3.8, 4) is 0 Å². The molecule has 0 aromatic heterocycles. The van der Waals surface area contributed by atoms with Gasteiger partial charge in [0, 0.05) is 50.0 Å². The SMILES string of the molecule is C=C(C)C(=O)OC(CC)(OC(=O)C(=C)C)C(C)(C(=O)O)C(=O)NCCC[Si](OCC)(OCC)OCC. The number of aliphatic carboxylic acids is 1. The molecule has 0 heterocycles. The highest BCUT2D eigenvalue weighted by molar-refractivity contribution is 6.60. The number of carboxylic acids is 1. The van der Waals surface area contributed by atoms with Crippen LogP contribution in [0.1, 0.15) is 61.3 Å². The number of carboxylic acid groups (broad SMARTS) is 1. The van der Waals surface area contributed by atoms with E-state index in [4.69, 9.17) is 22.8 Å². The van der Waals surface area contributed by atoms with Crippen LogP contribution in [-0.2, 0) is 41.9 Å². The molecule has 36 heavy (non-hydrogen) atoms. The monoisotopic (exact) mass is 531 g/mol. The molecule has 0 aliphatic carbocycles. The zero-order valence-electron chi connectivity index (χ0n) is 22.5. The second kappa shape index (κ2) is 14.9. The Hall–Kier alpha value is -2.54. The summed E-state index contributed by atoms with van der Waals surface area (Å²) in [6.45, 7) is 18.8. The molecule has 0 aliphatic rings. The van der Waals surface area contributed by atoms with Crippen LogP contribution >= 0.6 is 0 Å². The number of carbonyl (C=O) groups is 4. The van der Waals surface area contributed by atoms with E-state index in [0.717, 1.165) is 6.92 Å². The van der Waals surface area contributed by atoms with E-state index >= 15 is 0 Å². The van der Waals surface area contributed by atoms with Crippen LogP contribution in [0.3, 0.4) is 0 Å². The van der Waals surface area contributed by atoms with Crippen molar-refractivity contribution in [2.24, 2.45) is 5.41 Å². The van der Waals surface area contributed by atoms with Gasteiger partial charge in [-0.15, -0.1) is 0 Å². The van der Waals surface area contributed by atoms with Gasteiger partial charge in [-0.2, -0.15) is 0 Å². The highest BCUT2D eigenvalue weighted by Gasteiger charge is 2.64. The van der Waals surface area contributed by atoms with Gasteiger partial charge in [0.05, 0.1) is 0 Å². The molecule has 206 valence electrons. The largest absolute Gasteiger partial charge is 0.500 e. The molecule has 0 radical (unpaired) electrons. The van der Waals surface area contributed by atoms with Gasteiger partial charge in [-0.1, -0.05) is 20.1 Å². The number of nitrogens with one attached hydrogen (secondary N) is 1. The minimum atomic E-state index is -2.97. The fourth-order valence-electron chi connectivity index (χ4n) is 3.31. The van der Waals surface area contributed by atoms with Gasteiger partial charge in [-0.05, 0) is 48.0 Å². The Bertz CT molecular complexity index is 783. The zero-order chi connectivity index (χ0) is 28.2. The standard InChI is InChI=1S/C24H41NO10Si/c1-10-24(34-19(26)17(5)6,35-20(27)18(7)8)23(9,22(29)30)21(28)25-15-14-16-36(31-11-2,32-12-3)33-13-4/h5,7,10-16H2,1-4,6,8-9H3,(H,25,28)(H,29,30). The van der Waals surface area contributed by atoms with E-state index in [-0.39, 0.29) is 24.1 Å². The van der Waals surface area contributed by atoms with E-state index in [1.807, 2.05) is 20.8 Å². The molecule has 0 aromatic carbocycles. The average molecular weight is 532 g/mol. The van der Waals surface area contributed by atoms with Crippen molar-refractivity contribution in [3.63, 3.8) is 0 Å². The normalized spacial score (nSPS) is 13.3. The first-order valence-electron chi connectivity index (χ1n) is 11.9. The van der Waals surface area contributed by atoms with Crippen molar-refractivity contribution in [2.75, 3.05) is 26.4 Å². The topological polar surface area (TPSA) is 147 Å². The summed E-state index contributed by atoms with van der Waals surface area (Å²) in [5, 5.41) is 12.7. The lowest BCUT2D eigenvalue weighted by molar-refractivity contribution is -0.262. The number of ether oxygens (including phenoxy) is 2. The summed E-state index contributed by atoms with van der Waals surface area (Å²) in [5.41, 5.74) is -2.65. The summed E-state index contributed by atoms with van der Waals surface area (Å²) in [6.07, 6.45) is 0.0141. The van der Waals surface area contributed by atoms with Gasteiger partial charge in [0.1, 0.15) is 0 Å². The lowest BCUT2D eigenvalue weighted by Crippen LogP contribution is -2.63. The third-order valence-corrected chi connectivity index (χ3v) is 8.51. The summed E-state index contributed by atoms with van der Waals surface area (Å²) in [5.74, 6) is -7.19. The average Bonchev–Trinajstić information content (AvgIpc) is 2.80. The Morgan fingerprint density at radius 1 is 0.861 bits per heavy atom. The number of hydrogen-bond acceptors (Lipinski definition) is 9. The molecule has 0 bridgehead atoms. The van der Waals surface area contributed by atoms with Crippen molar-refractivity contribution in [2.45, 2.75) is 73.1 Å². The van der Waals surface area contributed by atoms with Gasteiger partial charge in [-0.25, -0.2) is 9.59 Å². The van der Waals surface area contributed by atoms with Gasteiger partial charge in [0.15, 0.2) is 0 Å². The first kappa shape index (κ1) is 33.5. The van der Waals surface area contributed by atoms with Crippen LogP contribution in [0.25, 0.3) is 0 Å². The summed E-state index contributed by atoms with van der Waals surface area (Å²) >= 11 is 0. The van der Waals surface area contributed by atoms with Crippen molar-refractivity contribution in [1.29, 1.82) is 0 Å². The molecular formula is C24H41NO10Si. The molecule has 1 atom stereocenters. The van der Waals surface area contributed by atoms with Gasteiger partial charge in [-0.3, -0.25) is 9.59 Å². The van der Waals surface area contributed by atoms with Crippen LogP contribution in [-0.4, -0.2) is 69.9 Å². The number of rotatable bonds is 18. The molecule has 0 saturated heterocycles. The van der Waals surface area contributed by atoms with Crippen LogP contribution in [0.2, 0.25) is 6.04 Å². The van der Waals surface area contributed by atoms with E-state index in [9.17, 15) is 24.3 Å². The minimum absolute atomic E-state index is 0.0341. The highest BCUT2D eigenvalue weighted by atomic mass is 28.4. The fraction of sp³-hybridized carbons (Fsp3) is 0.667. The molecule has 1 unspecified atom stereocenters. The molecule has 0 spiro atoms. The van der Waals surface area contributed by atoms with E-state index < -0.39 is 43.8 Å². The van der Waals surface area contributed by atoms with Crippen molar-refractivity contribution < 1.29 is 47.0 Å². The summed E-state index contributed by atoms with van der Waals surface area (Å²) in [6, 6.07) is 0.376. The number of esters is 2. The summed E-state index contributed by atoms with van der Waals surface area (Å²) < 4.78 is 28.1. The molecule has 0 rings (SSSR count). The first-order chi connectivity index (χ1) is 16.7. The fourth-order valence-corrected chi connectivity index (χ4v) is 5.93. The maximum Gasteiger partial charge on any atom is 0.500 e. The van der Waals surface area contributed by atoms with Gasteiger partial charge < -0.3 is 33.2 Å². The van der Waals surface area contributed by atoms with Crippen LogP contribution in [0.15, 0.2) is 24.3 Å². The third-order valence-electron chi connectivity index (χ3n) is 5.36. The first-order valence-corrected chi connectivity index (χ1v) is 13.9. The van der Waals surface area contributed by atoms with Gasteiger partial charge >= 0.3 is 26.7 Å². The Morgan fingerprint density at radius 2 is 1.28 bits per heavy atom. The van der Waals surface area contributed by atoms with Crippen molar-refractivity contribution >= 4 is 32.6 Å². The summed E-state index contributed by atoms with van der Waals surface area (Å²) in [7, 11) is -2.97. The Balaban J connectivity index is 6.03. The van der Waals surface area contributed by atoms with Gasteiger partial charge in [0.25, 0.3) is 5.79 Å². The lowest BCUT2D eigenvalue weighted by Gasteiger charge is -2.42. The highest BCUT2D eigenvalue weighted by Crippen LogP contribution is 2.41. The number of carbonyl (C=O) groups excluding carboxylic acids is 3. The molecule has 0 aliphatic heterocycles. The van der Waals surface area contributed by atoms with Crippen molar-refractivity contribution in [3.05, 3.63) is 24.3 Å². The molecule has 11 nitrogen and oxygen atoms in total. The van der Waals surface area contributed by atoms with Crippen LogP contribution in [0.4, 0.5) is 0 Å². The summed E-state index contributed by atoms with van der Waals surface area (Å²) in [4.78, 5) is 50.6. The van der Waals surface area contributed by atoms with Crippen LogP contribution < -0.4 is 5.32 Å². The quantitative estimate of drug-likeness (QED) is 0.0675. The van der Waals surface area contributed by atoms with E-state index in [1.54, 1.807) is 0 Å². The Kier molecular flexibility index (Phi) is 13.8. The predicted molar refractivity (Wildman–Crippen MR) is 134 cm³/mol. The Morgan fingerprint density at radius 3 is 1.58 bits per heavy atom. The second-order valence-corrected chi connectivity index (χ2v) is 10.9. The molecule has 1 amide bonds. The smallest absolute Gasteiger partial charge is 0.480 e. The molecule has 0 aromatic rings. The van der Waals surface area contributed by atoms with Crippen LogP contribution in [0, 0.1) is 5.41 Å². The van der Waals surface area contributed by atoms with Gasteiger partial charge in [0.2, 0.25) is 11.3 Å². The Labute approximate surface area is 214 Å². The molecule has 12 heteroatoms. The maximum absolute atomic E-state index is 13.3. The van der Waals surface area contributed by atoms with E-state index in [1.165, 1.54) is 20.8 Å². The molecule has 0 fully saturated rings. The molecule has 0 saturated carbocycles. The van der Waals surface area contributed by atoms with E-state index in [2.05, 4.69) is 18.5 Å². The maximum atomic E-state index is 13.3. The predicted octanol–water partition coefficient (Wildman–Crippen LogP) is 2.98. The third kappa shape index (κ3) is 8.25.